The zero-order valence-electron chi connectivity index (χ0n) is 15.5. The molecule has 6 nitrogen and oxygen atoms in total. The van der Waals surface area contributed by atoms with Crippen molar-refractivity contribution in [1.82, 2.24) is 4.72 Å². The van der Waals surface area contributed by atoms with Gasteiger partial charge in [-0.25, -0.2) is 13.1 Å². The number of carbonyl (C=O) groups excluding carboxylic acids is 1. The van der Waals surface area contributed by atoms with Crippen LogP contribution >= 0.6 is 12.4 Å². The van der Waals surface area contributed by atoms with Gasteiger partial charge in [-0.2, -0.15) is 0 Å². The third-order valence-corrected chi connectivity index (χ3v) is 5.63. The topological polar surface area (TPSA) is 101 Å². The van der Waals surface area contributed by atoms with Gasteiger partial charge in [0.1, 0.15) is 0 Å². The Balaban J connectivity index is 0.00000364. The van der Waals surface area contributed by atoms with Crippen LogP contribution in [0.2, 0.25) is 0 Å². The molecule has 148 valence electrons. The van der Waals surface area contributed by atoms with Crippen LogP contribution in [0.5, 0.6) is 0 Å². The van der Waals surface area contributed by atoms with E-state index in [1.165, 1.54) is 12.1 Å². The van der Waals surface area contributed by atoms with Crippen LogP contribution in [-0.2, 0) is 14.8 Å². The molecule has 0 fully saturated rings. The summed E-state index contributed by atoms with van der Waals surface area (Å²) in [5.41, 5.74) is 7.58. The summed E-state index contributed by atoms with van der Waals surface area (Å²) in [5.74, 6) is -0.666. The van der Waals surface area contributed by atoms with Gasteiger partial charge in [-0.3, -0.25) is 4.79 Å². The van der Waals surface area contributed by atoms with Crippen molar-refractivity contribution in [2.45, 2.75) is 37.8 Å². The number of sulfonamides is 1. The van der Waals surface area contributed by atoms with Gasteiger partial charge in [-0.05, 0) is 43.7 Å². The van der Waals surface area contributed by atoms with Crippen LogP contribution in [0.25, 0.3) is 0 Å². The van der Waals surface area contributed by atoms with Crippen molar-refractivity contribution >= 4 is 34.0 Å². The van der Waals surface area contributed by atoms with E-state index >= 15 is 0 Å². The molecular formula is C19H26ClN3O3S. The van der Waals surface area contributed by atoms with Gasteiger partial charge in [-0.15, -0.1) is 12.4 Å². The Labute approximate surface area is 167 Å². The molecule has 2 aromatic carbocycles. The first-order valence-corrected chi connectivity index (χ1v) is 9.93. The van der Waals surface area contributed by atoms with Crippen LogP contribution < -0.4 is 15.8 Å². The van der Waals surface area contributed by atoms with Crippen molar-refractivity contribution in [3.05, 3.63) is 60.2 Å². The standard InChI is InChI=1S/C19H25N3O3S.ClH/c1-13(2)22-26(24,25)17-11-9-16(10-12-17)21-19(23)14(3)18(20)15-7-5-4-6-8-15;/h4-14,18,22H,20H2,1-3H3,(H,21,23);1H. The van der Waals surface area contributed by atoms with Crippen LogP contribution in [0.4, 0.5) is 5.69 Å². The Kier molecular flexibility index (Phi) is 8.43. The van der Waals surface area contributed by atoms with Gasteiger partial charge in [-0.1, -0.05) is 37.3 Å². The van der Waals surface area contributed by atoms with Crippen molar-refractivity contribution in [3.63, 3.8) is 0 Å². The number of amides is 1. The number of halogens is 1. The Morgan fingerprint density at radius 1 is 0.963 bits per heavy atom. The van der Waals surface area contributed by atoms with E-state index < -0.39 is 22.0 Å². The predicted molar refractivity (Wildman–Crippen MR) is 110 cm³/mol. The number of rotatable bonds is 7. The molecule has 0 aliphatic rings. The second-order valence-electron chi connectivity index (χ2n) is 6.51. The number of nitrogens with two attached hydrogens (primary N) is 1. The summed E-state index contributed by atoms with van der Waals surface area (Å²) in [5, 5.41) is 2.78. The molecule has 0 radical (unpaired) electrons. The molecule has 0 bridgehead atoms. The zero-order chi connectivity index (χ0) is 19.3. The largest absolute Gasteiger partial charge is 0.326 e. The van der Waals surface area contributed by atoms with Gasteiger partial charge >= 0.3 is 0 Å². The number of hydrogen-bond acceptors (Lipinski definition) is 4. The van der Waals surface area contributed by atoms with E-state index in [0.29, 0.717) is 5.69 Å². The molecule has 0 saturated heterocycles. The lowest BCUT2D eigenvalue weighted by Crippen LogP contribution is -2.31. The van der Waals surface area contributed by atoms with Crippen molar-refractivity contribution in [1.29, 1.82) is 0 Å². The molecule has 2 unspecified atom stereocenters. The maximum Gasteiger partial charge on any atom is 0.240 e. The van der Waals surface area contributed by atoms with Crippen LogP contribution in [0.3, 0.4) is 0 Å². The highest BCUT2D eigenvalue weighted by atomic mass is 35.5. The fraction of sp³-hybridized carbons (Fsp3) is 0.316. The van der Waals surface area contributed by atoms with Gasteiger partial charge < -0.3 is 11.1 Å². The molecule has 0 aliphatic carbocycles. The molecule has 4 N–H and O–H groups in total. The molecule has 2 atom stereocenters. The van der Waals surface area contributed by atoms with Crippen molar-refractivity contribution in [3.8, 4) is 0 Å². The highest BCUT2D eigenvalue weighted by Gasteiger charge is 2.22. The number of anilines is 1. The second kappa shape index (κ2) is 9.85. The van der Waals surface area contributed by atoms with E-state index in [9.17, 15) is 13.2 Å². The number of hydrogen-bond donors (Lipinski definition) is 3. The zero-order valence-corrected chi connectivity index (χ0v) is 17.2. The van der Waals surface area contributed by atoms with E-state index in [0.717, 1.165) is 5.56 Å². The van der Waals surface area contributed by atoms with Gasteiger partial charge in [0.2, 0.25) is 15.9 Å². The fourth-order valence-electron chi connectivity index (χ4n) is 2.48. The summed E-state index contributed by atoms with van der Waals surface area (Å²) >= 11 is 0. The minimum atomic E-state index is -3.55. The smallest absolute Gasteiger partial charge is 0.240 e. The molecule has 1 amide bonds. The average molecular weight is 412 g/mol. The summed E-state index contributed by atoms with van der Waals surface area (Å²) in [7, 11) is -3.55. The SMILES string of the molecule is CC(C)NS(=O)(=O)c1ccc(NC(=O)C(C)C(N)c2ccccc2)cc1.Cl. The predicted octanol–water partition coefficient (Wildman–Crippen LogP) is 3.07. The third-order valence-electron chi connectivity index (χ3n) is 3.96. The molecule has 8 heteroatoms. The minimum absolute atomic E-state index is 0. The molecule has 0 aromatic heterocycles. The maximum absolute atomic E-state index is 12.4. The van der Waals surface area contributed by atoms with Crippen LogP contribution in [0, 0.1) is 5.92 Å². The number of benzene rings is 2. The number of carbonyl (C=O) groups is 1. The van der Waals surface area contributed by atoms with Crippen LogP contribution in [0.15, 0.2) is 59.5 Å². The van der Waals surface area contributed by atoms with E-state index in [-0.39, 0.29) is 29.3 Å². The summed E-state index contributed by atoms with van der Waals surface area (Å²) in [6, 6.07) is 14.8. The Bertz CT molecular complexity index is 840. The molecule has 0 heterocycles. The maximum atomic E-state index is 12.4. The first kappa shape index (κ1) is 23.1. The quantitative estimate of drug-likeness (QED) is 0.651. The van der Waals surface area contributed by atoms with Crippen LogP contribution in [0.1, 0.15) is 32.4 Å². The van der Waals surface area contributed by atoms with Crippen molar-refractivity contribution in [2.24, 2.45) is 11.7 Å². The third kappa shape index (κ3) is 6.32. The lowest BCUT2D eigenvalue weighted by Gasteiger charge is -2.20. The number of nitrogens with one attached hydrogen (secondary N) is 2. The fourth-order valence-corrected chi connectivity index (χ4v) is 3.73. The summed E-state index contributed by atoms with van der Waals surface area (Å²) in [4.78, 5) is 12.6. The Morgan fingerprint density at radius 3 is 2.04 bits per heavy atom. The molecule has 0 saturated carbocycles. The normalized spacial score (nSPS) is 13.5. The second-order valence-corrected chi connectivity index (χ2v) is 8.23. The van der Waals surface area contributed by atoms with Crippen molar-refractivity contribution in [2.75, 3.05) is 5.32 Å². The monoisotopic (exact) mass is 411 g/mol. The first-order valence-electron chi connectivity index (χ1n) is 8.44. The Hall–Kier alpha value is -1.93. The Morgan fingerprint density at radius 2 is 1.52 bits per heavy atom. The minimum Gasteiger partial charge on any atom is -0.326 e. The van der Waals surface area contributed by atoms with Gasteiger partial charge in [0, 0.05) is 17.8 Å². The lowest BCUT2D eigenvalue weighted by atomic mass is 9.94. The van der Waals surface area contributed by atoms with E-state index in [4.69, 9.17) is 5.73 Å². The van der Waals surface area contributed by atoms with Crippen LogP contribution in [-0.4, -0.2) is 20.4 Å². The van der Waals surface area contributed by atoms with Gasteiger partial charge in [0.15, 0.2) is 0 Å². The van der Waals surface area contributed by atoms with E-state index in [1.807, 2.05) is 30.3 Å². The van der Waals surface area contributed by atoms with E-state index in [2.05, 4.69) is 10.0 Å². The van der Waals surface area contributed by atoms with Gasteiger partial charge in [0.25, 0.3) is 0 Å². The summed E-state index contributed by atoms with van der Waals surface area (Å²) < 4.78 is 26.7. The molecule has 2 aromatic rings. The molecule has 0 aliphatic heterocycles. The highest BCUT2D eigenvalue weighted by molar-refractivity contribution is 7.89. The first-order chi connectivity index (χ1) is 12.2. The molecular weight excluding hydrogens is 386 g/mol. The average Bonchev–Trinajstić information content (AvgIpc) is 2.60. The van der Waals surface area contributed by atoms with Gasteiger partial charge in [0.05, 0.1) is 10.8 Å². The molecule has 2 rings (SSSR count). The molecule has 0 spiro atoms. The lowest BCUT2D eigenvalue weighted by molar-refractivity contribution is -0.120. The van der Waals surface area contributed by atoms with Crippen molar-refractivity contribution < 1.29 is 13.2 Å². The highest BCUT2D eigenvalue weighted by Crippen LogP contribution is 2.21. The summed E-state index contributed by atoms with van der Waals surface area (Å²) in [6.45, 7) is 5.27. The summed E-state index contributed by atoms with van der Waals surface area (Å²) in [6.07, 6.45) is 0. The van der Waals surface area contributed by atoms with E-state index in [1.54, 1.807) is 32.9 Å². The molecule has 27 heavy (non-hydrogen) atoms.